The molecular formula is C36H73N7O6S. The molecule has 4 N–H and O–H groups in total. The number of urea groups is 1. The van der Waals surface area contributed by atoms with Gasteiger partial charge in [0.2, 0.25) is 17.6 Å². The Morgan fingerprint density at radius 1 is 0.900 bits per heavy atom. The topological polar surface area (TPSA) is 160 Å². The van der Waals surface area contributed by atoms with Crippen LogP contribution in [0.1, 0.15) is 122 Å². The molecule has 0 radical (unpaired) electrons. The first kappa shape index (κ1) is 49.5. The van der Waals surface area contributed by atoms with Crippen molar-refractivity contribution < 1.29 is 28.2 Å². The van der Waals surface area contributed by atoms with Gasteiger partial charge in [-0.3, -0.25) is 19.2 Å². The molecule has 6 unspecified atom stereocenters. The van der Waals surface area contributed by atoms with E-state index in [0.29, 0.717) is 38.9 Å². The van der Waals surface area contributed by atoms with Gasteiger partial charge >= 0.3 is 6.03 Å². The Balaban J connectivity index is 0. The van der Waals surface area contributed by atoms with Crippen LogP contribution in [0.4, 0.5) is 4.79 Å². The SMILES string of the molecule is CC.CCCC.CCCCC(NC(=O)C1CC(C)CN1C(=O)C(NC(=O)NC(CN(C)S(=O)N(C)C)C(C)C)C(C)(C)C)C(=O)C(=O)NCC. The maximum Gasteiger partial charge on any atom is 0.315 e. The molecule has 14 heteroatoms. The Labute approximate surface area is 306 Å². The summed E-state index contributed by atoms with van der Waals surface area (Å²) in [7, 11) is 5.12. The highest BCUT2D eigenvalue weighted by Crippen LogP contribution is 2.28. The van der Waals surface area contributed by atoms with Crippen LogP contribution in [-0.4, -0.2) is 112 Å². The number of carbonyl (C=O) groups excluding carboxylic acids is 5. The summed E-state index contributed by atoms with van der Waals surface area (Å²) in [6, 6.07) is -3.69. The van der Waals surface area contributed by atoms with Crippen molar-refractivity contribution in [1.82, 2.24) is 34.8 Å². The number of nitrogens with one attached hydrogen (secondary N) is 4. The zero-order chi connectivity index (χ0) is 39.4. The van der Waals surface area contributed by atoms with Crippen LogP contribution in [0.5, 0.6) is 0 Å². The second kappa shape index (κ2) is 25.4. The van der Waals surface area contributed by atoms with Crippen LogP contribution in [0.15, 0.2) is 0 Å². The molecule has 1 saturated heterocycles. The molecule has 0 aromatic heterocycles. The summed E-state index contributed by atoms with van der Waals surface area (Å²) in [6.45, 7) is 24.3. The van der Waals surface area contributed by atoms with Crippen molar-refractivity contribution in [3.63, 3.8) is 0 Å². The number of likely N-dealkylation sites (tertiary alicyclic amines) is 1. The van der Waals surface area contributed by atoms with Crippen LogP contribution in [0, 0.1) is 17.3 Å². The van der Waals surface area contributed by atoms with Gasteiger partial charge in [0.1, 0.15) is 12.1 Å². The predicted molar refractivity (Wildman–Crippen MR) is 204 cm³/mol. The summed E-state index contributed by atoms with van der Waals surface area (Å²) in [4.78, 5) is 67.5. The van der Waals surface area contributed by atoms with Crippen molar-refractivity contribution in [3.8, 4) is 0 Å². The number of amides is 5. The van der Waals surface area contributed by atoms with E-state index in [0.717, 1.165) is 6.42 Å². The third-order valence-electron chi connectivity index (χ3n) is 8.18. The number of Topliss-reactive ketones (excluding diaryl/α,β-unsaturated/α-hetero) is 1. The molecule has 0 saturated carbocycles. The lowest BCUT2D eigenvalue weighted by atomic mass is 9.85. The van der Waals surface area contributed by atoms with Crippen LogP contribution in [0.25, 0.3) is 0 Å². The average Bonchev–Trinajstić information content (AvgIpc) is 3.46. The predicted octanol–water partition coefficient (Wildman–Crippen LogP) is 4.25. The number of hydrogen-bond acceptors (Lipinski definition) is 6. The minimum absolute atomic E-state index is 0.00996. The van der Waals surface area contributed by atoms with Gasteiger partial charge in [-0.2, -0.15) is 0 Å². The molecular weight excluding hydrogens is 659 g/mol. The first-order chi connectivity index (χ1) is 23.3. The van der Waals surface area contributed by atoms with Crippen molar-refractivity contribution in [2.45, 2.75) is 146 Å². The maximum atomic E-state index is 14.1. The fourth-order valence-corrected chi connectivity index (χ4v) is 5.93. The minimum Gasteiger partial charge on any atom is -0.350 e. The Morgan fingerprint density at radius 2 is 1.46 bits per heavy atom. The van der Waals surface area contributed by atoms with Gasteiger partial charge < -0.3 is 26.2 Å². The largest absolute Gasteiger partial charge is 0.350 e. The van der Waals surface area contributed by atoms with Crippen molar-refractivity contribution in [2.24, 2.45) is 17.3 Å². The lowest BCUT2D eigenvalue weighted by Gasteiger charge is -2.36. The molecule has 0 aromatic carbocycles. The second-order valence-corrected chi connectivity index (χ2v) is 16.2. The van der Waals surface area contributed by atoms with Crippen LogP contribution >= 0.6 is 0 Å². The highest BCUT2D eigenvalue weighted by Gasteiger charge is 2.44. The highest BCUT2D eigenvalue weighted by atomic mass is 32.2. The van der Waals surface area contributed by atoms with Gasteiger partial charge in [-0.25, -0.2) is 17.6 Å². The number of likely N-dealkylation sites (N-methyl/N-ethyl adjacent to an activating group) is 2. The lowest BCUT2D eigenvalue weighted by molar-refractivity contribution is -0.143. The lowest BCUT2D eigenvalue weighted by Crippen LogP contribution is -2.61. The van der Waals surface area contributed by atoms with Crippen LogP contribution in [-0.2, 0) is 30.3 Å². The van der Waals surface area contributed by atoms with E-state index in [4.69, 9.17) is 0 Å². The monoisotopic (exact) mass is 732 g/mol. The Hall–Kier alpha value is -2.58. The third-order valence-corrected chi connectivity index (χ3v) is 9.49. The molecule has 0 aliphatic carbocycles. The van der Waals surface area contributed by atoms with E-state index in [2.05, 4.69) is 35.1 Å². The number of nitrogens with zero attached hydrogens (tertiary/aromatic N) is 3. The average molecular weight is 732 g/mol. The summed E-state index contributed by atoms with van der Waals surface area (Å²) in [5.74, 6) is -2.32. The minimum atomic E-state index is -1.38. The zero-order valence-corrected chi connectivity index (χ0v) is 34.8. The van der Waals surface area contributed by atoms with Gasteiger partial charge in [-0.05, 0) is 37.0 Å². The van der Waals surface area contributed by atoms with Gasteiger partial charge in [0.15, 0.2) is 11.2 Å². The molecule has 0 spiro atoms. The Bertz CT molecular complexity index is 1060. The van der Waals surface area contributed by atoms with Crippen LogP contribution < -0.4 is 21.3 Å². The van der Waals surface area contributed by atoms with E-state index in [9.17, 15) is 28.2 Å². The highest BCUT2D eigenvalue weighted by molar-refractivity contribution is 7.80. The molecule has 1 aliphatic heterocycles. The molecule has 1 aliphatic rings. The molecule has 6 atom stereocenters. The van der Waals surface area contributed by atoms with E-state index in [1.54, 1.807) is 36.7 Å². The molecule has 0 bridgehead atoms. The number of carbonyl (C=O) groups is 5. The first-order valence-electron chi connectivity index (χ1n) is 18.6. The molecule has 294 valence electrons. The van der Waals surface area contributed by atoms with Crippen molar-refractivity contribution in [2.75, 3.05) is 40.8 Å². The molecule has 5 amide bonds. The van der Waals surface area contributed by atoms with Gasteiger partial charge in [0, 0.05) is 46.8 Å². The zero-order valence-electron chi connectivity index (χ0n) is 34.0. The Morgan fingerprint density at radius 3 is 1.90 bits per heavy atom. The van der Waals surface area contributed by atoms with Crippen LogP contribution in [0.3, 0.4) is 0 Å². The number of ketones is 1. The summed E-state index contributed by atoms with van der Waals surface area (Å²) in [6.07, 6.45) is 4.77. The molecule has 13 nitrogen and oxygen atoms in total. The summed E-state index contributed by atoms with van der Waals surface area (Å²) in [5, 5.41) is 11.0. The molecule has 50 heavy (non-hydrogen) atoms. The fraction of sp³-hybridized carbons (Fsp3) is 0.861. The van der Waals surface area contributed by atoms with E-state index in [1.165, 1.54) is 17.7 Å². The summed E-state index contributed by atoms with van der Waals surface area (Å²) < 4.78 is 15.7. The molecule has 1 rings (SSSR count). The summed E-state index contributed by atoms with van der Waals surface area (Å²) >= 11 is -1.38. The van der Waals surface area contributed by atoms with Crippen molar-refractivity contribution in [3.05, 3.63) is 0 Å². The number of unbranched alkanes of at least 4 members (excludes halogenated alkanes) is 2. The molecule has 1 heterocycles. The maximum absolute atomic E-state index is 14.1. The molecule has 1 fully saturated rings. The van der Waals surface area contributed by atoms with Gasteiger partial charge in [0.05, 0.1) is 6.04 Å². The van der Waals surface area contributed by atoms with E-state index in [1.807, 2.05) is 62.3 Å². The van der Waals surface area contributed by atoms with E-state index >= 15 is 0 Å². The Kier molecular flexibility index (Phi) is 25.1. The molecule has 0 aromatic rings. The van der Waals surface area contributed by atoms with Gasteiger partial charge in [-0.1, -0.05) is 102 Å². The van der Waals surface area contributed by atoms with Crippen molar-refractivity contribution >= 4 is 40.7 Å². The van der Waals surface area contributed by atoms with Gasteiger partial charge in [0.25, 0.3) is 5.91 Å². The second-order valence-electron chi connectivity index (χ2n) is 14.4. The number of hydrogen-bond donors (Lipinski definition) is 4. The first-order valence-corrected chi connectivity index (χ1v) is 19.6. The van der Waals surface area contributed by atoms with Crippen LogP contribution in [0.2, 0.25) is 0 Å². The summed E-state index contributed by atoms with van der Waals surface area (Å²) in [5.41, 5.74) is -0.699. The quantitative estimate of drug-likeness (QED) is 0.164. The van der Waals surface area contributed by atoms with E-state index in [-0.39, 0.29) is 17.9 Å². The third kappa shape index (κ3) is 17.6. The smallest absolute Gasteiger partial charge is 0.315 e. The standard InChI is InChI=1S/C30H57N7O6S.C4H10.C2H6/c1-12-14-15-21(24(38)27(40)31-13-2)32-26(39)23-16-20(5)17-37(23)28(41)25(30(6,7)8)34-29(42)33-22(19(3)4)18-36(11)44(43)35(9)10;1-3-4-2;1-2/h19-23,25H,12-18H2,1-11H3,(H,31,40)(H,32,39)(H2,33,34,42);3-4H2,1-2H3;1-2H3. The van der Waals surface area contributed by atoms with Gasteiger partial charge in [-0.15, -0.1) is 0 Å². The van der Waals surface area contributed by atoms with E-state index < -0.39 is 64.2 Å². The number of rotatable bonds is 17. The normalized spacial score (nSPS) is 18.2. The van der Waals surface area contributed by atoms with Crippen molar-refractivity contribution in [1.29, 1.82) is 0 Å². The fourth-order valence-electron chi connectivity index (χ4n) is 5.09.